The fourth-order valence-corrected chi connectivity index (χ4v) is 1.80. The van der Waals surface area contributed by atoms with Gasteiger partial charge in [-0.1, -0.05) is 11.6 Å². The van der Waals surface area contributed by atoms with E-state index < -0.39 is 22.9 Å². The number of rotatable bonds is 2. The van der Waals surface area contributed by atoms with Crippen molar-refractivity contribution in [1.29, 1.82) is 0 Å². The molecule has 0 fully saturated rings. The van der Waals surface area contributed by atoms with Crippen LogP contribution in [0.2, 0.25) is 5.02 Å². The largest absolute Gasteiger partial charge is 0.476 e. The van der Waals surface area contributed by atoms with Crippen molar-refractivity contribution in [2.24, 2.45) is 0 Å². The number of hydrogen-bond acceptors (Lipinski definition) is 3. The lowest BCUT2D eigenvalue weighted by Gasteiger charge is -2.09. The molecular weight excluding hydrogens is 275 g/mol. The Kier molecular flexibility index (Phi) is 3.35. The van der Waals surface area contributed by atoms with Crippen molar-refractivity contribution < 1.29 is 14.3 Å². The van der Waals surface area contributed by atoms with Gasteiger partial charge in [-0.15, -0.1) is 0 Å². The van der Waals surface area contributed by atoms with Gasteiger partial charge in [-0.2, -0.15) is 5.10 Å². The molecule has 0 aliphatic carbocycles. The van der Waals surface area contributed by atoms with E-state index in [1.54, 1.807) is 0 Å². The number of hydrogen-bond donors (Lipinski definition) is 1. The smallest absolute Gasteiger partial charge is 0.360 e. The van der Waals surface area contributed by atoms with Crippen LogP contribution in [0.15, 0.2) is 29.2 Å². The number of aromatic nitrogens is 2. The van der Waals surface area contributed by atoms with Crippen molar-refractivity contribution in [3.63, 3.8) is 0 Å². The van der Waals surface area contributed by atoms with Crippen LogP contribution in [0.1, 0.15) is 16.1 Å². The molecule has 5 nitrogen and oxygen atoms in total. The zero-order valence-electron chi connectivity index (χ0n) is 9.72. The Balaban J connectivity index is 2.70. The minimum atomic E-state index is -1.43. The highest BCUT2D eigenvalue weighted by Crippen LogP contribution is 2.20. The minimum absolute atomic E-state index is 0.0619. The third kappa shape index (κ3) is 2.48. The molecule has 0 saturated carbocycles. The molecule has 2 aromatic rings. The normalized spacial score (nSPS) is 10.5. The third-order valence-corrected chi connectivity index (χ3v) is 2.76. The number of halogens is 2. The summed E-state index contributed by atoms with van der Waals surface area (Å²) in [4.78, 5) is 22.5. The van der Waals surface area contributed by atoms with Gasteiger partial charge in [-0.3, -0.25) is 4.79 Å². The Hall–Kier alpha value is -2.21. The highest BCUT2D eigenvalue weighted by atomic mass is 35.5. The molecule has 98 valence electrons. The van der Waals surface area contributed by atoms with Crippen LogP contribution in [0.4, 0.5) is 4.39 Å². The molecule has 1 heterocycles. The van der Waals surface area contributed by atoms with Crippen LogP contribution in [-0.4, -0.2) is 20.9 Å². The first-order valence-electron chi connectivity index (χ1n) is 5.19. The molecule has 19 heavy (non-hydrogen) atoms. The first-order valence-corrected chi connectivity index (χ1v) is 5.57. The quantitative estimate of drug-likeness (QED) is 0.915. The molecule has 1 N–H and O–H groups in total. The van der Waals surface area contributed by atoms with Gasteiger partial charge in [-0.05, 0) is 25.1 Å². The van der Waals surface area contributed by atoms with Gasteiger partial charge in [0.15, 0.2) is 0 Å². The molecule has 0 amide bonds. The summed E-state index contributed by atoms with van der Waals surface area (Å²) >= 11 is 5.86. The van der Waals surface area contributed by atoms with E-state index in [4.69, 9.17) is 16.7 Å². The van der Waals surface area contributed by atoms with Gasteiger partial charge in [0.1, 0.15) is 5.82 Å². The van der Waals surface area contributed by atoms with E-state index in [1.165, 1.54) is 19.2 Å². The van der Waals surface area contributed by atoms with Gasteiger partial charge in [0.05, 0.1) is 10.7 Å². The van der Waals surface area contributed by atoms with Crippen molar-refractivity contribution in [2.45, 2.75) is 6.92 Å². The lowest BCUT2D eigenvalue weighted by atomic mass is 10.2. The van der Waals surface area contributed by atoms with Crippen LogP contribution in [0.25, 0.3) is 5.69 Å². The highest BCUT2D eigenvalue weighted by molar-refractivity contribution is 6.32. The number of nitrogens with zero attached hydrogens (tertiary/aromatic N) is 2. The Morgan fingerprint density at radius 1 is 1.47 bits per heavy atom. The molecule has 1 aromatic heterocycles. The number of aryl methyl sites for hydroxylation is 1. The second kappa shape index (κ2) is 4.81. The predicted octanol–water partition coefficient (Wildman–Crippen LogP) is 2.03. The molecule has 0 aliphatic heterocycles. The maximum atomic E-state index is 13.0. The number of carbonyl (C=O) groups is 1. The van der Waals surface area contributed by atoms with E-state index in [0.717, 1.165) is 16.8 Å². The van der Waals surface area contributed by atoms with Gasteiger partial charge >= 0.3 is 5.97 Å². The standard InChI is InChI=1S/C12H8ClFN2O3/c1-6-5-16(15-10(11(6)17)12(18)19)9-3-2-7(14)4-8(9)13/h2-5H,1H3,(H,18,19). The summed E-state index contributed by atoms with van der Waals surface area (Å²) in [6, 6.07) is 3.59. The van der Waals surface area contributed by atoms with Crippen molar-refractivity contribution >= 4 is 17.6 Å². The molecular formula is C12H8ClFN2O3. The molecule has 0 unspecified atom stereocenters. The molecule has 0 atom stereocenters. The van der Waals surface area contributed by atoms with Crippen LogP contribution >= 0.6 is 11.6 Å². The van der Waals surface area contributed by atoms with Crippen LogP contribution < -0.4 is 5.43 Å². The summed E-state index contributed by atoms with van der Waals surface area (Å²) in [7, 11) is 0. The number of benzene rings is 1. The first kappa shape index (κ1) is 13.2. The number of aromatic carboxylic acids is 1. The molecule has 0 radical (unpaired) electrons. The molecule has 2 rings (SSSR count). The zero-order chi connectivity index (χ0) is 14.2. The monoisotopic (exact) mass is 282 g/mol. The Morgan fingerprint density at radius 2 is 2.16 bits per heavy atom. The summed E-state index contributed by atoms with van der Waals surface area (Å²) in [5.74, 6) is -1.95. The summed E-state index contributed by atoms with van der Waals surface area (Å²) in [6.45, 7) is 1.46. The van der Waals surface area contributed by atoms with Gasteiger partial charge in [-0.25, -0.2) is 13.9 Å². The van der Waals surface area contributed by atoms with E-state index in [-0.39, 0.29) is 16.3 Å². The molecule has 0 aliphatic rings. The van der Waals surface area contributed by atoms with Gasteiger partial charge in [0.2, 0.25) is 11.1 Å². The third-order valence-electron chi connectivity index (χ3n) is 2.46. The highest BCUT2D eigenvalue weighted by Gasteiger charge is 2.15. The zero-order valence-corrected chi connectivity index (χ0v) is 10.5. The van der Waals surface area contributed by atoms with Crippen molar-refractivity contribution in [1.82, 2.24) is 9.78 Å². The second-order valence-electron chi connectivity index (χ2n) is 3.84. The van der Waals surface area contributed by atoms with Gasteiger partial charge in [0, 0.05) is 11.8 Å². The van der Waals surface area contributed by atoms with Crippen LogP contribution in [0.3, 0.4) is 0 Å². The Labute approximate surface area is 111 Å². The van der Waals surface area contributed by atoms with E-state index in [0.29, 0.717) is 0 Å². The fourth-order valence-electron chi connectivity index (χ4n) is 1.54. The maximum Gasteiger partial charge on any atom is 0.360 e. The molecule has 0 saturated heterocycles. The maximum absolute atomic E-state index is 13.0. The average Bonchev–Trinajstić information content (AvgIpc) is 2.32. The SMILES string of the molecule is Cc1cn(-c2ccc(F)cc2Cl)nc(C(=O)O)c1=O. The lowest BCUT2D eigenvalue weighted by Crippen LogP contribution is -2.23. The topological polar surface area (TPSA) is 72.2 Å². The van der Waals surface area contributed by atoms with Crippen molar-refractivity contribution in [3.05, 3.63) is 56.7 Å². The lowest BCUT2D eigenvalue weighted by molar-refractivity contribution is 0.0686. The Bertz CT molecular complexity index is 727. The van der Waals surface area contributed by atoms with Crippen LogP contribution in [0.5, 0.6) is 0 Å². The predicted molar refractivity (Wildman–Crippen MR) is 66.5 cm³/mol. The summed E-state index contributed by atoms with van der Waals surface area (Å²) in [5.41, 5.74) is -0.788. The summed E-state index contributed by atoms with van der Waals surface area (Å²) in [5, 5.41) is 12.7. The fraction of sp³-hybridized carbons (Fsp3) is 0.0833. The van der Waals surface area contributed by atoms with Crippen LogP contribution in [-0.2, 0) is 0 Å². The van der Waals surface area contributed by atoms with E-state index in [9.17, 15) is 14.0 Å². The van der Waals surface area contributed by atoms with Crippen LogP contribution in [0, 0.1) is 12.7 Å². The van der Waals surface area contributed by atoms with E-state index in [1.807, 2.05) is 0 Å². The van der Waals surface area contributed by atoms with Gasteiger partial charge < -0.3 is 5.11 Å². The van der Waals surface area contributed by atoms with E-state index in [2.05, 4.69) is 5.10 Å². The first-order chi connectivity index (χ1) is 8.90. The number of carboxylic acid groups (broad SMARTS) is 1. The molecule has 7 heteroatoms. The van der Waals surface area contributed by atoms with E-state index >= 15 is 0 Å². The Morgan fingerprint density at radius 3 is 2.74 bits per heavy atom. The number of carboxylic acids is 1. The molecule has 1 aromatic carbocycles. The summed E-state index contributed by atoms with van der Waals surface area (Å²) in [6.07, 6.45) is 1.34. The molecule has 0 spiro atoms. The average molecular weight is 283 g/mol. The molecule has 0 bridgehead atoms. The van der Waals surface area contributed by atoms with Crippen molar-refractivity contribution in [3.8, 4) is 5.69 Å². The van der Waals surface area contributed by atoms with Crippen molar-refractivity contribution in [2.75, 3.05) is 0 Å². The minimum Gasteiger partial charge on any atom is -0.476 e. The second-order valence-corrected chi connectivity index (χ2v) is 4.24. The summed E-state index contributed by atoms with van der Waals surface area (Å²) < 4.78 is 14.1. The van der Waals surface area contributed by atoms with Gasteiger partial charge in [0.25, 0.3) is 0 Å².